The Morgan fingerprint density at radius 1 is 1.32 bits per heavy atom. The molecule has 0 unspecified atom stereocenters. The molecule has 1 heterocycles. The third-order valence-electron chi connectivity index (χ3n) is 4.19. The molecule has 0 N–H and O–H groups in total. The van der Waals surface area contributed by atoms with Crippen LogP contribution in [0.3, 0.4) is 0 Å². The lowest BCUT2D eigenvalue weighted by atomic mass is 9.83. The van der Waals surface area contributed by atoms with Gasteiger partial charge in [-0.25, -0.2) is 0 Å². The van der Waals surface area contributed by atoms with E-state index in [0.29, 0.717) is 12.3 Å². The molecular weight excluding hydrogens is 242 g/mol. The van der Waals surface area contributed by atoms with Crippen LogP contribution >= 0.6 is 0 Å². The number of esters is 1. The SMILES string of the molecule is C=C(C)C(C)(C)C(=O)N1CCC(CC(=O)OC)CC1. The summed E-state index contributed by atoms with van der Waals surface area (Å²) < 4.78 is 4.68. The van der Waals surface area contributed by atoms with E-state index in [9.17, 15) is 9.59 Å². The van der Waals surface area contributed by atoms with Crippen molar-refractivity contribution in [2.24, 2.45) is 11.3 Å². The molecule has 1 aliphatic rings. The summed E-state index contributed by atoms with van der Waals surface area (Å²) in [5.74, 6) is 0.313. The van der Waals surface area contributed by atoms with Crippen molar-refractivity contribution >= 4 is 11.9 Å². The molecule has 1 fully saturated rings. The number of hydrogen-bond donors (Lipinski definition) is 0. The Kier molecular flexibility index (Phi) is 5.15. The maximum atomic E-state index is 12.4. The molecule has 0 aromatic heterocycles. The zero-order valence-corrected chi connectivity index (χ0v) is 12.5. The Morgan fingerprint density at radius 2 is 1.84 bits per heavy atom. The third-order valence-corrected chi connectivity index (χ3v) is 4.19. The number of rotatable bonds is 4. The lowest BCUT2D eigenvalue weighted by Gasteiger charge is -2.37. The van der Waals surface area contributed by atoms with Crippen molar-refractivity contribution in [2.45, 2.75) is 40.0 Å². The van der Waals surface area contributed by atoms with Gasteiger partial charge in [0.1, 0.15) is 0 Å². The molecule has 0 saturated carbocycles. The van der Waals surface area contributed by atoms with Crippen molar-refractivity contribution < 1.29 is 14.3 Å². The predicted molar refractivity (Wildman–Crippen MR) is 74.5 cm³/mol. The second-order valence-electron chi connectivity index (χ2n) is 5.92. The zero-order chi connectivity index (χ0) is 14.6. The van der Waals surface area contributed by atoms with Crippen molar-refractivity contribution in [3.63, 3.8) is 0 Å². The first-order chi connectivity index (χ1) is 8.78. The molecule has 0 aromatic rings. The second kappa shape index (κ2) is 6.22. The van der Waals surface area contributed by atoms with Gasteiger partial charge in [0.25, 0.3) is 0 Å². The summed E-state index contributed by atoms with van der Waals surface area (Å²) >= 11 is 0. The average Bonchev–Trinajstić information content (AvgIpc) is 2.38. The van der Waals surface area contributed by atoms with E-state index in [0.717, 1.165) is 31.5 Å². The first-order valence-electron chi connectivity index (χ1n) is 6.81. The van der Waals surface area contributed by atoms with Crippen LogP contribution in [-0.2, 0) is 14.3 Å². The molecule has 19 heavy (non-hydrogen) atoms. The monoisotopic (exact) mass is 267 g/mol. The molecule has 1 aliphatic heterocycles. The largest absolute Gasteiger partial charge is 0.469 e. The van der Waals surface area contributed by atoms with Gasteiger partial charge in [-0.2, -0.15) is 0 Å². The van der Waals surface area contributed by atoms with E-state index in [2.05, 4.69) is 11.3 Å². The first-order valence-corrected chi connectivity index (χ1v) is 6.81. The van der Waals surface area contributed by atoms with Gasteiger partial charge in [-0.3, -0.25) is 9.59 Å². The number of amides is 1. The zero-order valence-electron chi connectivity index (χ0n) is 12.5. The van der Waals surface area contributed by atoms with E-state index in [-0.39, 0.29) is 11.9 Å². The minimum Gasteiger partial charge on any atom is -0.469 e. The van der Waals surface area contributed by atoms with E-state index >= 15 is 0 Å². The molecule has 4 heteroatoms. The van der Waals surface area contributed by atoms with Gasteiger partial charge in [0.2, 0.25) is 5.91 Å². The van der Waals surface area contributed by atoms with Gasteiger partial charge in [-0.05, 0) is 39.5 Å². The average molecular weight is 267 g/mol. The van der Waals surface area contributed by atoms with Gasteiger partial charge in [0.05, 0.1) is 12.5 Å². The molecule has 1 rings (SSSR count). The van der Waals surface area contributed by atoms with Gasteiger partial charge in [-0.15, -0.1) is 0 Å². The smallest absolute Gasteiger partial charge is 0.305 e. The van der Waals surface area contributed by atoms with Gasteiger partial charge in [0.15, 0.2) is 0 Å². The summed E-state index contributed by atoms with van der Waals surface area (Å²) in [6, 6.07) is 0. The lowest BCUT2D eigenvalue weighted by Crippen LogP contribution is -2.45. The fourth-order valence-electron chi connectivity index (χ4n) is 2.24. The minimum atomic E-state index is -0.505. The van der Waals surface area contributed by atoms with Crippen LogP contribution in [0.15, 0.2) is 12.2 Å². The highest BCUT2D eigenvalue weighted by Gasteiger charge is 2.34. The number of piperidine rings is 1. The second-order valence-corrected chi connectivity index (χ2v) is 5.92. The summed E-state index contributed by atoms with van der Waals surface area (Å²) in [5.41, 5.74) is 0.379. The topological polar surface area (TPSA) is 46.6 Å². The number of hydrogen-bond acceptors (Lipinski definition) is 3. The Labute approximate surface area is 115 Å². The molecule has 4 nitrogen and oxygen atoms in total. The Hall–Kier alpha value is -1.32. The van der Waals surface area contributed by atoms with E-state index in [4.69, 9.17) is 0 Å². The number of ether oxygens (including phenoxy) is 1. The van der Waals surface area contributed by atoms with Crippen LogP contribution in [0.25, 0.3) is 0 Å². The van der Waals surface area contributed by atoms with E-state index in [1.54, 1.807) is 0 Å². The van der Waals surface area contributed by atoms with Crippen molar-refractivity contribution in [3.8, 4) is 0 Å². The number of likely N-dealkylation sites (tertiary alicyclic amines) is 1. The standard InChI is InChI=1S/C15H25NO3/c1-11(2)15(3,4)14(18)16-8-6-12(7-9-16)10-13(17)19-5/h12H,1,6-10H2,2-5H3. The minimum absolute atomic E-state index is 0.136. The summed E-state index contributed by atoms with van der Waals surface area (Å²) in [7, 11) is 1.41. The molecule has 0 spiro atoms. The van der Waals surface area contributed by atoms with Crippen LogP contribution in [0.1, 0.15) is 40.0 Å². The van der Waals surface area contributed by atoms with Crippen LogP contribution in [0.4, 0.5) is 0 Å². The van der Waals surface area contributed by atoms with Crippen molar-refractivity contribution in [1.29, 1.82) is 0 Å². The van der Waals surface area contributed by atoms with Crippen molar-refractivity contribution in [2.75, 3.05) is 20.2 Å². The van der Waals surface area contributed by atoms with Gasteiger partial charge in [0, 0.05) is 19.5 Å². The third kappa shape index (κ3) is 3.82. The highest BCUT2D eigenvalue weighted by atomic mass is 16.5. The number of nitrogens with zero attached hydrogens (tertiary/aromatic N) is 1. The molecule has 1 saturated heterocycles. The maximum absolute atomic E-state index is 12.4. The van der Waals surface area contributed by atoms with Crippen molar-refractivity contribution in [3.05, 3.63) is 12.2 Å². The molecule has 0 aliphatic carbocycles. The highest BCUT2D eigenvalue weighted by molar-refractivity contribution is 5.85. The van der Waals surface area contributed by atoms with Crippen LogP contribution in [0.2, 0.25) is 0 Å². The van der Waals surface area contributed by atoms with Crippen LogP contribution in [-0.4, -0.2) is 37.0 Å². The van der Waals surface area contributed by atoms with Crippen molar-refractivity contribution in [1.82, 2.24) is 4.90 Å². The molecule has 0 atom stereocenters. The molecule has 108 valence electrons. The predicted octanol–water partition coefficient (Wildman–Crippen LogP) is 2.39. The number of carbonyl (C=O) groups excluding carboxylic acids is 2. The number of carbonyl (C=O) groups is 2. The van der Waals surface area contributed by atoms with E-state index < -0.39 is 5.41 Å². The highest BCUT2D eigenvalue weighted by Crippen LogP contribution is 2.30. The summed E-state index contributed by atoms with van der Waals surface area (Å²) in [6.45, 7) is 11.1. The fraction of sp³-hybridized carbons (Fsp3) is 0.733. The Morgan fingerprint density at radius 3 is 2.26 bits per heavy atom. The van der Waals surface area contributed by atoms with Gasteiger partial charge >= 0.3 is 5.97 Å². The molecule has 0 aromatic carbocycles. The van der Waals surface area contributed by atoms with Gasteiger partial charge < -0.3 is 9.64 Å². The van der Waals surface area contributed by atoms with E-state index in [1.807, 2.05) is 25.7 Å². The Bertz CT molecular complexity index is 366. The molecule has 0 bridgehead atoms. The molecular formula is C15H25NO3. The lowest BCUT2D eigenvalue weighted by molar-refractivity contribution is -0.143. The summed E-state index contributed by atoms with van der Waals surface area (Å²) in [6.07, 6.45) is 2.20. The summed E-state index contributed by atoms with van der Waals surface area (Å²) in [4.78, 5) is 25.5. The van der Waals surface area contributed by atoms with E-state index in [1.165, 1.54) is 7.11 Å². The maximum Gasteiger partial charge on any atom is 0.305 e. The quantitative estimate of drug-likeness (QED) is 0.580. The van der Waals surface area contributed by atoms with Gasteiger partial charge in [-0.1, -0.05) is 12.2 Å². The van der Waals surface area contributed by atoms with Crippen LogP contribution in [0.5, 0.6) is 0 Å². The summed E-state index contributed by atoms with van der Waals surface area (Å²) in [5, 5.41) is 0. The van der Waals surface area contributed by atoms with Crippen LogP contribution in [0, 0.1) is 11.3 Å². The van der Waals surface area contributed by atoms with Crippen LogP contribution < -0.4 is 0 Å². The normalized spacial score (nSPS) is 17.2. The Balaban J connectivity index is 2.52. The molecule has 1 amide bonds. The number of methoxy groups -OCH3 is 1. The fourth-order valence-corrected chi connectivity index (χ4v) is 2.24. The first kappa shape index (κ1) is 15.7. The molecule has 0 radical (unpaired) electrons.